The zero-order valence-electron chi connectivity index (χ0n) is 14.5. The van der Waals surface area contributed by atoms with E-state index in [9.17, 15) is 9.90 Å². The van der Waals surface area contributed by atoms with Crippen LogP contribution in [0.4, 0.5) is 0 Å². The highest BCUT2D eigenvalue weighted by molar-refractivity contribution is 5.79. The summed E-state index contributed by atoms with van der Waals surface area (Å²) in [6, 6.07) is 0. The lowest BCUT2D eigenvalue weighted by molar-refractivity contribution is -0.127. The highest BCUT2D eigenvalue weighted by atomic mass is 16.5. The number of hydrogen-bond donors (Lipinski definition) is 3. The molecule has 136 valence electrons. The van der Waals surface area contributed by atoms with Crippen LogP contribution in [0.25, 0.3) is 0 Å². The third kappa shape index (κ3) is 5.56. The summed E-state index contributed by atoms with van der Waals surface area (Å²) in [5.74, 6) is 0.328. The summed E-state index contributed by atoms with van der Waals surface area (Å²) in [7, 11) is 0. The lowest BCUT2D eigenvalue weighted by Crippen LogP contribution is -2.34. The minimum atomic E-state index is -1.29. The van der Waals surface area contributed by atoms with Crippen molar-refractivity contribution in [1.29, 1.82) is 0 Å². The van der Waals surface area contributed by atoms with E-state index in [-0.39, 0.29) is 0 Å². The highest BCUT2D eigenvalue weighted by Crippen LogP contribution is 2.31. The van der Waals surface area contributed by atoms with Gasteiger partial charge in [-0.25, -0.2) is 0 Å². The number of primary amides is 1. The smallest absolute Gasteiger partial charge is 0.247 e. The van der Waals surface area contributed by atoms with Crippen molar-refractivity contribution < 1.29 is 14.4 Å². The summed E-state index contributed by atoms with van der Waals surface area (Å²) in [4.78, 5) is 15.7. The first-order chi connectivity index (χ1) is 11.6. The molecule has 0 saturated heterocycles. The van der Waals surface area contributed by atoms with Crippen LogP contribution in [0.3, 0.4) is 0 Å². The molecule has 1 unspecified atom stereocenters. The second-order valence-corrected chi connectivity index (χ2v) is 6.72. The van der Waals surface area contributed by atoms with Crippen LogP contribution in [0.5, 0.6) is 0 Å². The largest absolute Gasteiger partial charge is 0.382 e. The van der Waals surface area contributed by atoms with Crippen LogP contribution in [0.15, 0.2) is 4.52 Å². The van der Waals surface area contributed by atoms with E-state index < -0.39 is 17.9 Å². The lowest BCUT2D eigenvalue weighted by atomic mass is 9.84. The Bertz CT molecular complexity index is 500. The van der Waals surface area contributed by atoms with Crippen molar-refractivity contribution in [2.75, 3.05) is 6.54 Å². The minimum Gasteiger partial charge on any atom is -0.382 e. The maximum atomic E-state index is 11.4. The third-order valence-corrected chi connectivity index (χ3v) is 4.86. The molecule has 4 N–H and O–H groups in total. The van der Waals surface area contributed by atoms with Crippen molar-refractivity contribution >= 4 is 5.91 Å². The number of nitrogens with one attached hydrogen (secondary N) is 1. The Labute approximate surface area is 143 Å². The SMILES string of the molecule is CCNCc1noc([C@H](CCCC2CCCCC2)C(O)C(N)=O)n1. The van der Waals surface area contributed by atoms with Gasteiger partial charge in [-0.1, -0.05) is 57.0 Å². The van der Waals surface area contributed by atoms with E-state index in [2.05, 4.69) is 15.5 Å². The molecule has 0 aliphatic heterocycles. The molecule has 0 spiro atoms. The average molecular weight is 338 g/mol. The van der Waals surface area contributed by atoms with Crippen molar-refractivity contribution in [3.05, 3.63) is 11.7 Å². The Balaban J connectivity index is 1.93. The Hall–Kier alpha value is -1.47. The van der Waals surface area contributed by atoms with Gasteiger partial charge in [0.2, 0.25) is 11.8 Å². The van der Waals surface area contributed by atoms with E-state index in [4.69, 9.17) is 10.3 Å². The first-order valence-electron chi connectivity index (χ1n) is 9.12. The standard InChI is InChI=1S/C17H30N4O3/c1-2-19-11-14-20-17(24-21-14)13(15(22)16(18)23)10-6-9-12-7-4-3-5-8-12/h12-13,15,19,22H,2-11H2,1H3,(H2,18,23)/t13-,15?/m1/s1. The summed E-state index contributed by atoms with van der Waals surface area (Å²) >= 11 is 0. The Morgan fingerprint density at radius 1 is 1.42 bits per heavy atom. The second-order valence-electron chi connectivity index (χ2n) is 6.72. The lowest BCUT2D eigenvalue weighted by Gasteiger charge is -2.22. The molecule has 1 aromatic rings. The van der Waals surface area contributed by atoms with Crippen molar-refractivity contribution in [3.63, 3.8) is 0 Å². The number of nitrogens with zero attached hydrogens (tertiary/aromatic N) is 2. The number of carbonyl (C=O) groups excluding carboxylic acids is 1. The molecule has 24 heavy (non-hydrogen) atoms. The fraction of sp³-hybridized carbons (Fsp3) is 0.824. The molecule has 0 aromatic carbocycles. The van der Waals surface area contributed by atoms with Crippen LogP contribution < -0.4 is 11.1 Å². The van der Waals surface area contributed by atoms with Crippen LogP contribution in [0, 0.1) is 5.92 Å². The first-order valence-corrected chi connectivity index (χ1v) is 9.12. The molecule has 7 nitrogen and oxygen atoms in total. The van der Waals surface area contributed by atoms with Gasteiger partial charge >= 0.3 is 0 Å². The maximum absolute atomic E-state index is 11.4. The van der Waals surface area contributed by atoms with Gasteiger partial charge in [0, 0.05) is 0 Å². The average Bonchev–Trinajstić information content (AvgIpc) is 3.05. The van der Waals surface area contributed by atoms with E-state index in [1.807, 2.05) is 6.92 Å². The van der Waals surface area contributed by atoms with Crippen LogP contribution in [-0.4, -0.2) is 33.8 Å². The number of aromatic nitrogens is 2. The molecule has 2 rings (SSSR count). The molecule has 0 bridgehead atoms. The van der Waals surface area contributed by atoms with Gasteiger partial charge in [0.05, 0.1) is 12.5 Å². The van der Waals surface area contributed by atoms with Crippen molar-refractivity contribution in [2.45, 2.75) is 76.9 Å². The van der Waals surface area contributed by atoms with E-state index in [0.29, 0.717) is 24.7 Å². The van der Waals surface area contributed by atoms with E-state index >= 15 is 0 Å². The molecule has 1 aliphatic carbocycles. The quantitative estimate of drug-likeness (QED) is 0.600. The molecule has 7 heteroatoms. The van der Waals surface area contributed by atoms with Crippen molar-refractivity contribution in [1.82, 2.24) is 15.5 Å². The topological polar surface area (TPSA) is 114 Å². The van der Waals surface area contributed by atoms with E-state index in [1.165, 1.54) is 32.1 Å². The number of carbonyl (C=O) groups is 1. The van der Waals surface area contributed by atoms with Gasteiger partial charge in [0.15, 0.2) is 5.82 Å². The van der Waals surface area contributed by atoms with Gasteiger partial charge in [-0.3, -0.25) is 4.79 Å². The van der Waals surface area contributed by atoms with E-state index in [1.54, 1.807) is 0 Å². The van der Waals surface area contributed by atoms with Crippen molar-refractivity contribution in [3.8, 4) is 0 Å². The maximum Gasteiger partial charge on any atom is 0.247 e. The number of amides is 1. The fourth-order valence-corrected chi connectivity index (χ4v) is 3.44. The van der Waals surface area contributed by atoms with Gasteiger partial charge in [-0.15, -0.1) is 0 Å². The second kappa shape index (κ2) is 9.74. The number of aliphatic hydroxyl groups excluding tert-OH is 1. The van der Waals surface area contributed by atoms with Crippen LogP contribution in [0.2, 0.25) is 0 Å². The highest BCUT2D eigenvalue weighted by Gasteiger charge is 2.30. The monoisotopic (exact) mass is 338 g/mol. The molecule has 1 amide bonds. The summed E-state index contributed by atoms with van der Waals surface area (Å²) in [5, 5.41) is 17.2. The zero-order chi connectivity index (χ0) is 17.4. The van der Waals surface area contributed by atoms with Crippen LogP contribution >= 0.6 is 0 Å². The molecule has 1 heterocycles. The summed E-state index contributed by atoms with van der Waals surface area (Å²) in [6.07, 6.45) is 7.92. The summed E-state index contributed by atoms with van der Waals surface area (Å²) in [6.45, 7) is 3.30. The molecular formula is C17H30N4O3. The van der Waals surface area contributed by atoms with Gasteiger partial charge in [0.25, 0.3) is 0 Å². The number of nitrogens with two attached hydrogens (primary N) is 1. The first kappa shape index (κ1) is 18.9. The Kier molecular flexibility index (Phi) is 7.65. The molecule has 1 aromatic heterocycles. The number of aliphatic hydroxyl groups is 1. The van der Waals surface area contributed by atoms with Gasteiger partial charge in [-0.05, 0) is 18.9 Å². The molecule has 2 atom stereocenters. The Morgan fingerprint density at radius 2 is 2.17 bits per heavy atom. The third-order valence-electron chi connectivity index (χ3n) is 4.86. The molecule has 0 radical (unpaired) electrons. The normalized spacial score (nSPS) is 18.4. The fourth-order valence-electron chi connectivity index (χ4n) is 3.44. The molecule has 1 fully saturated rings. The summed E-state index contributed by atoms with van der Waals surface area (Å²) in [5.41, 5.74) is 5.28. The van der Waals surface area contributed by atoms with Crippen LogP contribution in [0.1, 0.15) is 75.9 Å². The molecule has 1 aliphatic rings. The minimum absolute atomic E-state index is 0.304. The van der Waals surface area contributed by atoms with Gasteiger partial charge in [0.1, 0.15) is 6.10 Å². The molecular weight excluding hydrogens is 308 g/mol. The predicted octanol–water partition coefficient (Wildman–Crippen LogP) is 1.86. The Morgan fingerprint density at radius 3 is 2.83 bits per heavy atom. The van der Waals surface area contributed by atoms with Gasteiger partial charge in [-0.2, -0.15) is 4.98 Å². The van der Waals surface area contributed by atoms with E-state index in [0.717, 1.165) is 25.3 Å². The molecule has 1 saturated carbocycles. The number of hydrogen-bond acceptors (Lipinski definition) is 6. The van der Waals surface area contributed by atoms with Crippen LogP contribution in [-0.2, 0) is 11.3 Å². The van der Waals surface area contributed by atoms with Gasteiger partial charge < -0.3 is 20.7 Å². The van der Waals surface area contributed by atoms with Crippen molar-refractivity contribution in [2.24, 2.45) is 11.7 Å². The predicted molar refractivity (Wildman–Crippen MR) is 90.0 cm³/mol. The summed E-state index contributed by atoms with van der Waals surface area (Å²) < 4.78 is 5.27. The number of rotatable bonds is 10. The zero-order valence-corrected chi connectivity index (χ0v) is 14.5.